The van der Waals surface area contributed by atoms with Crippen molar-refractivity contribution in [3.05, 3.63) is 65.0 Å². The second-order valence-corrected chi connectivity index (χ2v) is 4.93. The molecule has 8 heteroatoms. The first kappa shape index (κ1) is 15.7. The molecule has 5 nitrogen and oxygen atoms in total. The highest BCUT2D eigenvalue weighted by Crippen LogP contribution is 2.25. The lowest BCUT2D eigenvalue weighted by molar-refractivity contribution is -0.274. The summed E-state index contributed by atoms with van der Waals surface area (Å²) < 4.78 is 41.5. The van der Waals surface area contributed by atoms with Gasteiger partial charge in [-0.15, -0.1) is 13.2 Å². The molecule has 0 saturated heterocycles. The number of nitrogens with one attached hydrogen (secondary N) is 1. The minimum absolute atomic E-state index is 0.0684. The molecule has 3 rings (SSSR count). The summed E-state index contributed by atoms with van der Waals surface area (Å²) in [5.41, 5.74) is 1.14. The molecule has 2 aromatic carbocycles. The number of rotatable bonds is 3. The Kier molecular flexibility index (Phi) is 3.80. The number of benzene rings is 2. The van der Waals surface area contributed by atoms with Crippen molar-refractivity contribution < 1.29 is 23.0 Å². The Hall–Kier alpha value is -3.16. The van der Waals surface area contributed by atoms with Crippen molar-refractivity contribution in [2.24, 2.45) is 0 Å². The number of phenolic OH excluding ortho intramolecular Hbond substituents is 1. The number of H-pyrrole nitrogens is 1. The standard InChI is InChI=1S/C16H11F3N2O3/c17-16(18,19)24-13-7-1-10(2-8-13)14-9-15(23)21(20-14)11-3-5-12(22)6-4-11/h1-9,20,22H. The molecule has 24 heavy (non-hydrogen) atoms. The number of phenols is 1. The molecule has 0 aliphatic carbocycles. The topological polar surface area (TPSA) is 67.2 Å². The van der Waals surface area contributed by atoms with E-state index in [1.165, 1.54) is 47.1 Å². The van der Waals surface area contributed by atoms with Crippen LogP contribution in [0.4, 0.5) is 13.2 Å². The Morgan fingerprint density at radius 2 is 1.62 bits per heavy atom. The first-order chi connectivity index (χ1) is 11.3. The van der Waals surface area contributed by atoms with Gasteiger partial charge in [0.2, 0.25) is 0 Å². The molecule has 0 atom stereocenters. The van der Waals surface area contributed by atoms with Gasteiger partial charge in [0, 0.05) is 6.07 Å². The predicted molar refractivity (Wildman–Crippen MR) is 80.2 cm³/mol. The SMILES string of the molecule is O=c1cc(-c2ccc(OC(F)(F)F)cc2)[nH]n1-c1ccc(O)cc1. The first-order valence-electron chi connectivity index (χ1n) is 6.79. The van der Waals surface area contributed by atoms with Crippen LogP contribution in [0.25, 0.3) is 16.9 Å². The van der Waals surface area contributed by atoms with Gasteiger partial charge < -0.3 is 9.84 Å². The summed E-state index contributed by atoms with van der Waals surface area (Å²) in [6.45, 7) is 0. The van der Waals surface area contributed by atoms with E-state index in [1.807, 2.05) is 0 Å². The number of hydrogen-bond donors (Lipinski definition) is 2. The number of aromatic hydroxyl groups is 1. The van der Waals surface area contributed by atoms with E-state index < -0.39 is 6.36 Å². The highest BCUT2D eigenvalue weighted by atomic mass is 19.4. The normalized spacial score (nSPS) is 11.5. The molecule has 1 heterocycles. The number of ether oxygens (including phenoxy) is 1. The summed E-state index contributed by atoms with van der Waals surface area (Å²) in [6, 6.07) is 12.5. The average molecular weight is 336 g/mol. The first-order valence-corrected chi connectivity index (χ1v) is 6.79. The minimum atomic E-state index is -4.75. The van der Waals surface area contributed by atoms with E-state index in [0.717, 1.165) is 0 Å². The molecule has 124 valence electrons. The molecule has 1 aromatic heterocycles. The van der Waals surface area contributed by atoms with Crippen molar-refractivity contribution in [3.63, 3.8) is 0 Å². The van der Waals surface area contributed by atoms with E-state index in [2.05, 4.69) is 9.84 Å². The number of hydrogen-bond acceptors (Lipinski definition) is 3. The Bertz CT molecular complexity index is 894. The number of aromatic nitrogens is 2. The van der Waals surface area contributed by atoms with Crippen LogP contribution in [0, 0.1) is 0 Å². The van der Waals surface area contributed by atoms with Crippen molar-refractivity contribution in [1.29, 1.82) is 0 Å². The maximum absolute atomic E-state index is 12.1. The van der Waals surface area contributed by atoms with Gasteiger partial charge in [-0.05, 0) is 54.1 Å². The monoisotopic (exact) mass is 336 g/mol. The maximum atomic E-state index is 12.1. The highest BCUT2D eigenvalue weighted by molar-refractivity contribution is 5.60. The van der Waals surface area contributed by atoms with E-state index >= 15 is 0 Å². The van der Waals surface area contributed by atoms with Crippen LogP contribution in [0.5, 0.6) is 11.5 Å². The van der Waals surface area contributed by atoms with Crippen LogP contribution < -0.4 is 10.3 Å². The summed E-state index contributed by atoms with van der Waals surface area (Å²) >= 11 is 0. The molecular weight excluding hydrogens is 325 g/mol. The van der Waals surface area contributed by atoms with E-state index in [4.69, 9.17) is 0 Å². The van der Waals surface area contributed by atoms with Crippen LogP contribution in [-0.4, -0.2) is 21.2 Å². The second kappa shape index (κ2) is 5.80. The third-order valence-corrected chi connectivity index (χ3v) is 3.23. The fourth-order valence-electron chi connectivity index (χ4n) is 2.17. The summed E-state index contributed by atoms with van der Waals surface area (Å²) in [6.07, 6.45) is -4.75. The predicted octanol–water partition coefficient (Wildman–Crippen LogP) is 3.44. The summed E-state index contributed by atoms with van der Waals surface area (Å²) in [4.78, 5) is 12.0. The fraction of sp³-hybridized carbons (Fsp3) is 0.0625. The second-order valence-electron chi connectivity index (χ2n) is 4.93. The summed E-state index contributed by atoms with van der Waals surface area (Å²) in [7, 11) is 0. The van der Waals surface area contributed by atoms with Gasteiger partial charge in [-0.25, -0.2) is 4.68 Å². The zero-order valence-corrected chi connectivity index (χ0v) is 12.0. The smallest absolute Gasteiger partial charge is 0.508 e. The van der Waals surface area contributed by atoms with E-state index in [0.29, 0.717) is 16.9 Å². The van der Waals surface area contributed by atoms with Crippen molar-refractivity contribution in [2.45, 2.75) is 6.36 Å². The fourth-order valence-corrected chi connectivity index (χ4v) is 2.17. The van der Waals surface area contributed by atoms with Crippen LogP contribution in [-0.2, 0) is 0 Å². The third kappa shape index (κ3) is 3.43. The molecular formula is C16H11F3N2O3. The van der Waals surface area contributed by atoms with Crippen molar-refractivity contribution in [1.82, 2.24) is 9.78 Å². The Balaban J connectivity index is 1.89. The van der Waals surface area contributed by atoms with Crippen LogP contribution in [0.2, 0.25) is 0 Å². The molecule has 0 bridgehead atoms. The molecule has 0 radical (unpaired) electrons. The zero-order valence-electron chi connectivity index (χ0n) is 12.0. The molecule has 2 N–H and O–H groups in total. The van der Waals surface area contributed by atoms with Gasteiger partial charge in [-0.1, -0.05) is 0 Å². The van der Waals surface area contributed by atoms with Gasteiger partial charge in [0.1, 0.15) is 11.5 Å². The molecule has 0 spiro atoms. The summed E-state index contributed by atoms with van der Waals surface area (Å²) in [5, 5.41) is 12.1. The van der Waals surface area contributed by atoms with Crippen LogP contribution in [0.15, 0.2) is 59.4 Å². The number of alkyl halides is 3. The number of nitrogens with zero attached hydrogens (tertiary/aromatic N) is 1. The minimum Gasteiger partial charge on any atom is -0.508 e. The average Bonchev–Trinajstić information content (AvgIpc) is 2.89. The van der Waals surface area contributed by atoms with Gasteiger partial charge in [0.05, 0.1) is 11.4 Å². The number of aromatic amines is 1. The Morgan fingerprint density at radius 3 is 2.21 bits per heavy atom. The Morgan fingerprint density at radius 1 is 1.00 bits per heavy atom. The van der Waals surface area contributed by atoms with Crippen molar-refractivity contribution >= 4 is 0 Å². The highest BCUT2D eigenvalue weighted by Gasteiger charge is 2.30. The lowest BCUT2D eigenvalue weighted by Crippen LogP contribution is -2.16. The third-order valence-electron chi connectivity index (χ3n) is 3.23. The number of halogens is 3. The molecule has 0 aliphatic rings. The molecule has 3 aromatic rings. The van der Waals surface area contributed by atoms with Gasteiger partial charge in [-0.3, -0.25) is 9.89 Å². The van der Waals surface area contributed by atoms with Gasteiger partial charge >= 0.3 is 6.36 Å². The Labute approximate surface area is 133 Å². The summed E-state index contributed by atoms with van der Waals surface area (Å²) in [5.74, 6) is -0.273. The van der Waals surface area contributed by atoms with E-state index in [9.17, 15) is 23.1 Å². The molecule has 0 aliphatic heterocycles. The van der Waals surface area contributed by atoms with Crippen LogP contribution in [0.3, 0.4) is 0 Å². The molecule has 0 fully saturated rings. The van der Waals surface area contributed by atoms with Crippen molar-refractivity contribution in [3.8, 4) is 28.4 Å². The largest absolute Gasteiger partial charge is 0.573 e. The van der Waals surface area contributed by atoms with Gasteiger partial charge in [0.15, 0.2) is 0 Å². The zero-order chi connectivity index (χ0) is 17.3. The van der Waals surface area contributed by atoms with Crippen molar-refractivity contribution in [2.75, 3.05) is 0 Å². The lowest BCUT2D eigenvalue weighted by atomic mass is 10.1. The van der Waals surface area contributed by atoms with E-state index in [1.54, 1.807) is 12.1 Å². The van der Waals surface area contributed by atoms with Gasteiger partial charge in [-0.2, -0.15) is 0 Å². The van der Waals surface area contributed by atoms with Gasteiger partial charge in [0.25, 0.3) is 5.56 Å². The quantitative estimate of drug-likeness (QED) is 0.770. The van der Waals surface area contributed by atoms with Crippen LogP contribution >= 0.6 is 0 Å². The molecule has 0 saturated carbocycles. The lowest BCUT2D eigenvalue weighted by Gasteiger charge is -2.08. The molecule has 0 amide bonds. The van der Waals surface area contributed by atoms with Crippen LogP contribution in [0.1, 0.15) is 0 Å². The molecule has 0 unspecified atom stereocenters. The maximum Gasteiger partial charge on any atom is 0.573 e. The van der Waals surface area contributed by atoms with E-state index in [-0.39, 0.29) is 17.1 Å².